The molecule has 0 N–H and O–H groups in total. The number of hydrogen-bond acceptors (Lipinski definition) is 10. The van der Waals surface area contributed by atoms with E-state index in [-0.39, 0.29) is 0 Å². The van der Waals surface area contributed by atoms with E-state index < -0.39 is 0 Å². The SMILES string of the molecule is COc1ccc(-c2noc(CN3CCN(Cc4nc(-c5ccc(C)cc5)no4)CC3)n2)cc1OC. The Bertz CT molecular complexity index is 1260. The molecule has 0 atom stereocenters. The third-order valence-electron chi connectivity index (χ3n) is 6.07. The maximum absolute atomic E-state index is 5.50. The van der Waals surface area contributed by atoms with Crippen LogP contribution in [0.2, 0.25) is 0 Å². The molecule has 0 radical (unpaired) electrons. The zero-order valence-corrected chi connectivity index (χ0v) is 20.1. The quantitative estimate of drug-likeness (QED) is 0.376. The minimum absolute atomic E-state index is 0.528. The number of nitrogens with zero attached hydrogens (tertiary/aromatic N) is 6. The molecule has 2 aromatic heterocycles. The average Bonchev–Trinajstić information content (AvgIpc) is 3.55. The van der Waals surface area contributed by atoms with Crippen molar-refractivity contribution >= 4 is 0 Å². The Morgan fingerprint density at radius 1 is 0.714 bits per heavy atom. The first kappa shape index (κ1) is 23.0. The van der Waals surface area contributed by atoms with Gasteiger partial charge in [-0.1, -0.05) is 40.1 Å². The second-order valence-corrected chi connectivity index (χ2v) is 8.51. The number of aryl methyl sites for hydroxylation is 1. The van der Waals surface area contributed by atoms with Crippen LogP contribution in [-0.2, 0) is 13.1 Å². The van der Waals surface area contributed by atoms with Crippen molar-refractivity contribution in [2.45, 2.75) is 20.0 Å². The van der Waals surface area contributed by atoms with Gasteiger partial charge in [0.05, 0.1) is 27.3 Å². The molecule has 0 spiro atoms. The summed E-state index contributed by atoms with van der Waals surface area (Å²) in [5.74, 6) is 3.65. The van der Waals surface area contributed by atoms with Crippen molar-refractivity contribution in [1.82, 2.24) is 30.1 Å². The Morgan fingerprint density at radius 2 is 1.23 bits per heavy atom. The standard InChI is InChI=1S/C25H28N6O4/c1-17-4-6-18(7-5-17)24-26-22(34-28-24)15-30-10-12-31(13-11-30)16-23-27-25(29-35-23)19-8-9-20(32-2)21(14-19)33-3/h4-9,14H,10-13,15-16H2,1-3H3. The summed E-state index contributed by atoms with van der Waals surface area (Å²) in [6.45, 7) is 6.83. The number of methoxy groups -OCH3 is 2. The predicted molar refractivity (Wildman–Crippen MR) is 128 cm³/mol. The summed E-state index contributed by atoms with van der Waals surface area (Å²) in [6.07, 6.45) is 0. The van der Waals surface area contributed by atoms with Crippen molar-refractivity contribution in [3.63, 3.8) is 0 Å². The molecule has 1 aliphatic rings. The van der Waals surface area contributed by atoms with Gasteiger partial charge in [-0.25, -0.2) is 0 Å². The summed E-state index contributed by atoms with van der Waals surface area (Å²) in [4.78, 5) is 13.7. The highest BCUT2D eigenvalue weighted by molar-refractivity contribution is 5.60. The van der Waals surface area contributed by atoms with Gasteiger partial charge in [-0.3, -0.25) is 9.80 Å². The smallest absolute Gasteiger partial charge is 0.241 e. The Hall–Kier alpha value is -3.76. The van der Waals surface area contributed by atoms with Crippen LogP contribution in [0.3, 0.4) is 0 Å². The number of piperazine rings is 1. The molecule has 0 unspecified atom stereocenters. The van der Waals surface area contributed by atoms with Crippen molar-refractivity contribution in [3.05, 3.63) is 59.8 Å². The van der Waals surface area contributed by atoms with Gasteiger partial charge in [0, 0.05) is 37.3 Å². The molecular weight excluding hydrogens is 448 g/mol. The van der Waals surface area contributed by atoms with E-state index in [2.05, 4.69) is 37.0 Å². The molecule has 4 aromatic rings. The monoisotopic (exact) mass is 476 g/mol. The van der Waals surface area contributed by atoms with Crippen molar-refractivity contribution in [3.8, 4) is 34.3 Å². The van der Waals surface area contributed by atoms with Crippen molar-refractivity contribution < 1.29 is 18.5 Å². The fraction of sp³-hybridized carbons (Fsp3) is 0.360. The largest absolute Gasteiger partial charge is 0.493 e. The van der Waals surface area contributed by atoms with Gasteiger partial charge < -0.3 is 18.5 Å². The number of ether oxygens (including phenoxy) is 2. The van der Waals surface area contributed by atoms with Crippen LogP contribution in [0, 0.1) is 6.92 Å². The summed E-state index contributed by atoms with van der Waals surface area (Å²) in [7, 11) is 3.21. The van der Waals surface area contributed by atoms with Crippen LogP contribution in [0.1, 0.15) is 17.3 Å². The highest BCUT2D eigenvalue weighted by atomic mass is 16.5. The lowest BCUT2D eigenvalue weighted by Crippen LogP contribution is -2.45. The molecule has 10 nitrogen and oxygen atoms in total. The van der Waals surface area contributed by atoms with Gasteiger partial charge in [0.25, 0.3) is 0 Å². The molecule has 0 amide bonds. The van der Waals surface area contributed by atoms with E-state index >= 15 is 0 Å². The summed E-state index contributed by atoms with van der Waals surface area (Å²) in [6, 6.07) is 13.7. The Labute approximate surface area is 203 Å². The summed E-state index contributed by atoms with van der Waals surface area (Å²) >= 11 is 0. The van der Waals surface area contributed by atoms with Crippen LogP contribution in [0.25, 0.3) is 22.8 Å². The third-order valence-corrected chi connectivity index (χ3v) is 6.07. The molecule has 0 aliphatic carbocycles. The van der Waals surface area contributed by atoms with Crippen molar-refractivity contribution in [2.75, 3.05) is 40.4 Å². The lowest BCUT2D eigenvalue weighted by atomic mass is 10.1. The van der Waals surface area contributed by atoms with E-state index in [9.17, 15) is 0 Å². The molecule has 1 fully saturated rings. The normalized spacial score (nSPS) is 14.8. The fourth-order valence-corrected chi connectivity index (χ4v) is 4.04. The van der Waals surface area contributed by atoms with Gasteiger partial charge in [0.2, 0.25) is 23.4 Å². The second-order valence-electron chi connectivity index (χ2n) is 8.51. The number of benzene rings is 2. The van der Waals surface area contributed by atoms with E-state index in [1.165, 1.54) is 5.56 Å². The molecular formula is C25H28N6O4. The molecule has 5 rings (SSSR count). The van der Waals surface area contributed by atoms with E-state index in [0.717, 1.165) is 37.3 Å². The number of hydrogen-bond donors (Lipinski definition) is 0. The van der Waals surface area contributed by atoms with Gasteiger partial charge in [-0.15, -0.1) is 0 Å². The maximum Gasteiger partial charge on any atom is 0.241 e. The summed E-state index contributed by atoms with van der Waals surface area (Å²) < 4.78 is 21.6. The van der Waals surface area contributed by atoms with E-state index in [1.807, 2.05) is 42.5 Å². The van der Waals surface area contributed by atoms with Crippen LogP contribution in [0.5, 0.6) is 11.5 Å². The Morgan fingerprint density at radius 3 is 1.77 bits per heavy atom. The zero-order valence-electron chi connectivity index (χ0n) is 20.1. The fourth-order valence-electron chi connectivity index (χ4n) is 4.04. The van der Waals surface area contributed by atoms with E-state index in [1.54, 1.807) is 14.2 Å². The van der Waals surface area contributed by atoms with E-state index in [4.69, 9.17) is 18.5 Å². The molecule has 182 valence electrons. The highest BCUT2D eigenvalue weighted by Crippen LogP contribution is 2.31. The topological polar surface area (TPSA) is 103 Å². The highest BCUT2D eigenvalue weighted by Gasteiger charge is 2.22. The Balaban J connectivity index is 1.14. The minimum atomic E-state index is 0.528. The molecule has 1 aliphatic heterocycles. The molecule has 0 saturated carbocycles. The second kappa shape index (κ2) is 10.2. The van der Waals surface area contributed by atoms with Gasteiger partial charge in [-0.05, 0) is 25.1 Å². The van der Waals surface area contributed by atoms with Gasteiger partial charge in [0.1, 0.15) is 0 Å². The van der Waals surface area contributed by atoms with Crippen molar-refractivity contribution in [2.24, 2.45) is 0 Å². The Kier molecular flexibility index (Phi) is 6.73. The van der Waals surface area contributed by atoms with Crippen molar-refractivity contribution in [1.29, 1.82) is 0 Å². The summed E-state index contributed by atoms with van der Waals surface area (Å²) in [5.41, 5.74) is 2.97. The number of rotatable bonds is 8. The molecule has 35 heavy (non-hydrogen) atoms. The molecule has 10 heteroatoms. The predicted octanol–water partition coefficient (Wildman–Crippen LogP) is 3.43. The molecule has 1 saturated heterocycles. The van der Waals surface area contributed by atoms with Crippen LogP contribution in [-0.4, -0.2) is 70.5 Å². The summed E-state index contributed by atoms with van der Waals surface area (Å²) in [5, 5.41) is 8.27. The first-order chi connectivity index (χ1) is 17.1. The van der Waals surface area contributed by atoms with Crippen LogP contribution < -0.4 is 9.47 Å². The van der Waals surface area contributed by atoms with Gasteiger partial charge in [0.15, 0.2) is 11.5 Å². The van der Waals surface area contributed by atoms with Crippen LogP contribution >= 0.6 is 0 Å². The third kappa shape index (κ3) is 5.33. The van der Waals surface area contributed by atoms with Crippen LogP contribution in [0.15, 0.2) is 51.5 Å². The minimum Gasteiger partial charge on any atom is -0.493 e. The lowest BCUT2D eigenvalue weighted by Gasteiger charge is -2.32. The van der Waals surface area contributed by atoms with Gasteiger partial charge in [-0.2, -0.15) is 9.97 Å². The molecule has 0 bridgehead atoms. The lowest BCUT2D eigenvalue weighted by molar-refractivity contribution is 0.103. The van der Waals surface area contributed by atoms with Crippen LogP contribution in [0.4, 0.5) is 0 Å². The van der Waals surface area contributed by atoms with E-state index in [0.29, 0.717) is 48.0 Å². The molecule has 3 heterocycles. The maximum atomic E-state index is 5.50. The average molecular weight is 477 g/mol. The first-order valence-corrected chi connectivity index (χ1v) is 11.5. The number of aromatic nitrogens is 4. The first-order valence-electron chi connectivity index (χ1n) is 11.5. The molecule has 2 aromatic carbocycles. The van der Waals surface area contributed by atoms with Gasteiger partial charge >= 0.3 is 0 Å². The zero-order chi connectivity index (χ0) is 24.2.